The second-order valence-electron chi connectivity index (χ2n) is 6.03. The minimum Gasteiger partial charge on any atom is -0.480 e. The van der Waals surface area contributed by atoms with Crippen LogP contribution in [0.2, 0.25) is 0 Å². The Morgan fingerprint density at radius 1 is 1.04 bits per heavy atom. The summed E-state index contributed by atoms with van der Waals surface area (Å²) in [6, 6.07) is -3.78. The van der Waals surface area contributed by atoms with Crippen LogP contribution in [0.25, 0.3) is 0 Å². The number of nitrogens with two attached hydrogens (primary N) is 2. The maximum absolute atomic E-state index is 12.2. The molecule has 0 saturated heterocycles. The first-order chi connectivity index (χ1) is 11.0. The molecular formula is C14H26N4O6. The minimum atomic E-state index is -1.51. The van der Waals surface area contributed by atoms with E-state index < -0.39 is 47.9 Å². The van der Waals surface area contributed by atoms with E-state index in [1.165, 1.54) is 6.92 Å². The van der Waals surface area contributed by atoms with Crippen molar-refractivity contribution in [2.45, 2.75) is 57.8 Å². The fraction of sp³-hybridized carbons (Fsp3) is 0.714. The highest BCUT2D eigenvalue weighted by atomic mass is 16.4. The predicted molar refractivity (Wildman–Crippen MR) is 84.4 cm³/mol. The third kappa shape index (κ3) is 7.88. The third-order valence-electron chi connectivity index (χ3n) is 3.14. The van der Waals surface area contributed by atoms with E-state index in [0.717, 1.165) is 0 Å². The van der Waals surface area contributed by atoms with Crippen molar-refractivity contribution in [3.8, 4) is 0 Å². The van der Waals surface area contributed by atoms with Gasteiger partial charge in [-0.05, 0) is 19.3 Å². The van der Waals surface area contributed by atoms with Crippen molar-refractivity contribution >= 4 is 23.7 Å². The zero-order valence-electron chi connectivity index (χ0n) is 14.0. The zero-order chi connectivity index (χ0) is 19.0. The summed E-state index contributed by atoms with van der Waals surface area (Å²) in [5.41, 5.74) is 10.5. The molecule has 24 heavy (non-hydrogen) atoms. The summed E-state index contributed by atoms with van der Waals surface area (Å²) >= 11 is 0. The molecular weight excluding hydrogens is 320 g/mol. The van der Waals surface area contributed by atoms with Gasteiger partial charge >= 0.3 is 5.97 Å². The highest BCUT2D eigenvalue weighted by Crippen LogP contribution is 2.07. The van der Waals surface area contributed by atoms with E-state index in [-0.39, 0.29) is 18.8 Å². The summed E-state index contributed by atoms with van der Waals surface area (Å²) in [5, 5.41) is 23.0. The number of carboxylic acids is 1. The lowest BCUT2D eigenvalue weighted by Crippen LogP contribution is -2.57. The standard InChI is InChI=1S/C14H26N4O6/c1-6(2)4-9(17-12(21)8(15)5-10(16)20)13(22)18-11(7(3)19)14(23)24/h6-9,11,19H,4-5,15H2,1-3H3,(H2,16,20)(H,17,21)(H,18,22)(H,23,24)/t7-,8+,9+,11+/m1/s1. The zero-order valence-corrected chi connectivity index (χ0v) is 14.0. The van der Waals surface area contributed by atoms with E-state index in [2.05, 4.69) is 10.6 Å². The van der Waals surface area contributed by atoms with Crippen LogP contribution in [0.15, 0.2) is 0 Å². The van der Waals surface area contributed by atoms with Crippen LogP contribution < -0.4 is 22.1 Å². The number of aliphatic hydroxyl groups is 1. The van der Waals surface area contributed by atoms with Gasteiger partial charge in [0.1, 0.15) is 6.04 Å². The van der Waals surface area contributed by atoms with Crippen LogP contribution >= 0.6 is 0 Å². The topological polar surface area (TPSA) is 185 Å². The smallest absolute Gasteiger partial charge is 0.328 e. The monoisotopic (exact) mass is 346 g/mol. The van der Waals surface area contributed by atoms with E-state index in [9.17, 15) is 24.3 Å². The molecule has 0 rings (SSSR count). The van der Waals surface area contributed by atoms with Crippen LogP contribution in [0.1, 0.15) is 33.6 Å². The molecule has 0 aliphatic rings. The molecule has 0 aliphatic carbocycles. The maximum Gasteiger partial charge on any atom is 0.328 e. The Labute approximate surface area is 139 Å². The molecule has 0 fully saturated rings. The van der Waals surface area contributed by atoms with E-state index in [1.807, 2.05) is 0 Å². The lowest BCUT2D eigenvalue weighted by Gasteiger charge is -2.24. The van der Waals surface area contributed by atoms with E-state index >= 15 is 0 Å². The van der Waals surface area contributed by atoms with Crippen molar-refractivity contribution in [1.82, 2.24) is 10.6 Å². The number of primary amides is 1. The molecule has 10 nitrogen and oxygen atoms in total. The van der Waals surface area contributed by atoms with Gasteiger partial charge in [-0.3, -0.25) is 14.4 Å². The quantitative estimate of drug-likeness (QED) is 0.256. The largest absolute Gasteiger partial charge is 0.480 e. The van der Waals surface area contributed by atoms with Crippen molar-refractivity contribution in [1.29, 1.82) is 0 Å². The highest BCUT2D eigenvalue weighted by Gasteiger charge is 2.30. The minimum absolute atomic E-state index is 0.00300. The molecule has 0 aromatic carbocycles. The second kappa shape index (κ2) is 9.83. The molecule has 8 N–H and O–H groups in total. The van der Waals surface area contributed by atoms with Crippen LogP contribution in [-0.2, 0) is 19.2 Å². The number of hydrogen-bond acceptors (Lipinski definition) is 6. The van der Waals surface area contributed by atoms with Gasteiger partial charge in [0.15, 0.2) is 6.04 Å². The Morgan fingerprint density at radius 3 is 1.96 bits per heavy atom. The molecule has 0 radical (unpaired) electrons. The summed E-state index contributed by atoms with van der Waals surface area (Å²) in [7, 11) is 0. The molecule has 4 atom stereocenters. The molecule has 0 aliphatic heterocycles. The van der Waals surface area contributed by atoms with Crippen LogP contribution in [-0.4, -0.2) is 58.1 Å². The number of carboxylic acid groups (broad SMARTS) is 1. The fourth-order valence-corrected chi connectivity index (χ4v) is 1.93. The molecule has 3 amide bonds. The number of nitrogens with one attached hydrogen (secondary N) is 2. The van der Waals surface area contributed by atoms with Crippen molar-refractivity contribution < 1.29 is 29.4 Å². The molecule has 0 saturated carbocycles. The van der Waals surface area contributed by atoms with Gasteiger partial charge in [0.05, 0.1) is 18.6 Å². The highest BCUT2D eigenvalue weighted by molar-refractivity contribution is 5.93. The Morgan fingerprint density at radius 2 is 1.58 bits per heavy atom. The van der Waals surface area contributed by atoms with Gasteiger partial charge in [0.25, 0.3) is 0 Å². The SMILES string of the molecule is CC(C)C[C@H](NC(=O)[C@@H](N)CC(N)=O)C(=O)N[C@H](C(=O)O)[C@@H](C)O. The number of carbonyl (C=O) groups is 4. The van der Waals surface area contributed by atoms with Crippen molar-refractivity contribution in [2.24, 2.45) is 17.4 Å². The van der Waals surface area contributed by atoms with E-state index in [1.54, 1.807) is 13.8 Å². The number of amides is 3. The molecule has 0 unspecified atom stereocenters. The first kappa shape index (κ1) is 21.8. The van der Waals surface area contributed by atoms with Gasteiger partial charge < -0.3 is 32.3 Å². The predicted octanol–water partition coefficient (Wildman–Crippen LogP) is -2.33. The van der Waals surface area contributed by atoms with Crippen molar-refractivity contribution in [3.05, 3.63) is 0 Å². The molecule has 138 valence electrons. The Balaban J connectivity index is 5.04. The third-order valence-corrected chi connectivity index (χ3v) is 3.14. The van der Waals surface area contributed by atoms with Crippen molar-refractivity contribution in [2.75, 3.05) is 0 Å². The lowest BCUT2D eigenvalue weighted by atomic mass is 10.0. The number of hydrogen-bond donors (Lipinski definition) is 6. The molecule has 0 bridgehead atoms. The van der Waals surface area contributed by atoms with Crippen LogP contribution in [0.4, 0.5) is 0 Å². The second-order valence-corrected chi connectivity index (χ2v) is 6.03. The van der Waals surface area contributed by atoms with Crippen molar-refractivity contribution in [3.63, 3.8) is 0 Å². The average Bonchev–Trinajstić information content (AvgIpc) is 2.41. The molecule has 0 heterocycles. The number of aliphatic hydroxyl groups excluding tert-OH is 1. The lowest BCUT2D eigenvalue weighted by molar-refractivity contribution is -0.145. The van der Waals surface area contributed by atoms with Gasteiger partial charge in [-0.2, -0.15) is 0 Å². The van der Waals surface area contributed by atoms with Gasteiger partial charge in [0.2, 0.25) is 17.7 Å². The van der Waals surface area contributed by atoms with Gasteiger partial charge in [0, 0.05) is 0 Å². The first-order valence-electron chi connectivity index (χ1n) is 7.51. The van der Waals surface area contributed by atoms with Crippen LogP contribution in [0.3, 0.4) is 0 Å². The molecule has 0 aromatic heterocycles. The maximum atomic E-state index is 12.2. The number of rotatable bonds is 10. The molecule has 0 aromatic rings. The van der Waals surface area contributed by atoms with Gasteiger partial charge in [-0.15, -0.1) is 0 Å². The Bertz CT molecular complexity index is 480. The van der Waals surface area contributed by atoms with E-state index in [4.69, 9.17) is 16.6 Å². The average molecular weight is 346 g/mol. The van der Waals surface area contributed by atoms with E-state index in [0.29, 0.717) is 0 Å². The summed E-state index contributed by atoms with van der Waals surface area (Å²) in [6.45, 7) is 4.83. The van der Waals surface area contributed by atoms with Crippen LogP contribution in [0, 0.1) is 5.92 Å². The first-order valence-corrected chi connectivity index (χ1v) is 7.51. The summed E-state index contributed by atoms with van der Waals surface area (Å²) in [6.07, 6.45) is -1.49. The Hall–Kier alpha value is -2.20. The number of carbonyl (C=O) groups excluding carboxylic acids is 3. The Kier molecular flexibility index (Phi) is 8.93. The summed E-state index contributed by atoms with van der Waals surface area (Å²) in [5.74, 6) is -3.68. The number of aliphatic carboxylic acids is 1. The van der Waals surface area contributed by atoms with Gasteiger partial charge in [-0.1, -0.05) is 13.8 Å². The van der Waals surface area contributed by atoms with Crippen LogP contribution in [0.5, 0.6) is 0 Å². The fourth-order valence-electron chi connectivity index (χ4n) is 1.93. The normalized spacial score (nSPS) is 15.9. The summed E-state index contributed by atoms with van der Waals surface area (Å²) in [4.78, 5) is 46.0. The summed E-state index contributed by atoms with van der Waals surface area (Å²) < 4.78 is 0. The van der Waals surface area contributed by atoms with Gasteiger partial charge in [-0.25, -0.2) is 4.79 Å². The molecule has 10 heteroatoms. The molecule has 0 spiro atoms.